The van der Waals surface area contributed by atoms with Crippen LogP contribution < -0.4 is 0 Å². The van der Waals surface area contributed by atoms with Gasteiger partial charge in [0.2, 0.25) is 0 Å². The summed E-state index contributed by atoms with van der Waals surface area (Å²) in [5.41, 5.74) is 7.12. The minimum atomic E-state index is 0.556. The first-order valence-electron chi connectivity index (χ1n) is 8.52. The van der Waals surface area contributed by atoms with Gasteiger partial charge in [0.05, 0.1) is 0 Å². The minimum absolute atomic E-state index is 0.556. The van der Waals surface area contributed by atoms with Crippen LogP contribution in [-0.4, -0.2) is 0 Å². The number of fused-ring (bicyclic) bond motifs is 1. The first-order valence-corrected chi connectivity index (χ1v) is 9.33. The van der Waals surface area contributed by atoms with Crippen molar-refractivity contribution < 1.29 is 0 Å². The van der Waals surface area contributed by atoms with Crippen molar-refractivity contribution in [1.29, 1.82) is 0 Å². The standard InChI is InChI=1S/C22H26S/c1-13(2)20-10-19(11-21(14(3)4)16(20)6)17-7-8-18-9-15(5)23-22(18)12-17/h7-14H,1-6H3. The first-order chi connectivity index (χ1) is 10.9. The molecule has 3 aromatic rings. The third-order valence-corrected chi connectivity index (χ3v) is 5.72. The summed E-state index contributed by atoms with van der Waals surface area (Å²) in [4.78, 5) is 1.38. The fourth-order valence-electron chi connectivity index (χ4n) is 3.47. The van der Waals surface area contributed by atoms with E-state index >= 15 is 0 Å². The fraction of sp³-hybridized carbons (Fsp3) is 0.364. The summed E-state index contributed by atoms with van der Waals surface area (Å²) in [7, 11) is 0. The molecule has 0 unspecified atom stereocenters. The summed E-state index contributed by atoms with van der Waals surface area (Å²) in [5, 5.41) is 1.36. The Balaban J connectivity index is 2.20. The Labute approximate surface area is 144 Å². The van der Waals surface area contributed by atoms with Gasteiger partial charge in [0, 0.05) is 9.58 Å². The van der Waals surface area contributed by atoms with Crippen molar-refractivity contribution in [3.63, 3.8) is 0 Å². The molecule has 1 heterocycles. The monoisotopic (exact) mass is 322 g/mol. The van der Waals surface area contributed by atoms with Crippen LogP contribution >= 0.6 is 11.3 Å². The quantitative estimate of drug-likeness (QED) is 0.470. The van der Waals surface area contributed by atoms with Crippen LogP contribution in [0.4, 0.5) is 0 Å². The van der Waals surface area contributed by atoms with Gasteiger partial charge < -0.3 is 0 Å². The van der Waals surface area contributed by atoms with Crippen LogP contribution in [0.1, 0.15) is 61.1 Å². The van der Waals surface area contributed by atoms with Crippen molar-refractivity contribution in [2.24, 2.45) is 0 Å². The van der Waals surface area contributed by atoms with E-state index in [1.807, 2.05) is 11.3 Å². The number of hydrogen-bond acceptors (Lipinski definition) is 1. The van der Waals surface area contributed by atoms with Gasteiger partial charge in [-0.05, 0) is 71.0 Å². The van der Waals surface area contributed by atoms with Crippen LogP contribution in [-0.2, 0) is 0 Å². The number of benzene rings is 2. The molecule has 0 N–H and O–H groups in total. The maximum Gasteiger partial charge on any atom is 0.0351 e. The Bertz CT molecular complexity index is 821. The second kappa shape index (κ2) is 6.13. The van der Waals surface area contributed by atoms with Gasteiger partial charge in [-0.1, -0.05) is 52.0 Å². The van der Waals surface area contributed by atoms with Crippen molar-refractivity contribution in [1.82, 2.24) is 0 Å². The molecule has 0 aliphatic rings. The van der Waals surface area contributed by atoms with E-state index in [-0.39, 0.29) is 0 Å². The van der Waals surface area contributed by atoms with E-state index in [1.165, 1.54) is 42.8 Å². The molecule has 1 heteroatoms. The molecule has 0 atom stereocenters. The highest BCUT2D eigenvalue weighted by atomic mass is 32.1. The van der Waals surface area contributed by atoms with Gasteiger partial charge >= 0.3 is 0 Å². The highest BCUT2D eigenvalue weighted by molar-refractivity contribution is 7.19. The van der Waals surface area contributed by atoms with Gasteiger partial charge in [0.25, 0.3) is 0 Å². The molecule has 0 radical (unpaired) electrons. The van der Waals surface area contributed by atoms with E-state index in [9.17, 15) is 0 Å². The largest absolute Gasteiger partial charge is 0.141 e. The van der Waals surface area contributed by atoms with Crippen molar-refractivity contribution in [2.75, 3.05) is 0 Å². The number of rotatable bonds is 3. The summed E-state index contributed by atoms with van der Waals surface area (Å²) < 4.78 is 1.39. The average Bonchev–Trinajstić information content (AvgIpc) is 2.85. The first kappa shape index (κ1) is 16.3. The Kier molecular flexibility index (Phi) is 4.33. The van der Waals surface area contributed by atoms with Crippen LogP contribution in [0.2, 0.25) is 0 Å². The van der Waals surface area contributed by atoms with Gasteiger partial charge in [-0.2, -0.15) is 0 Å². The van der Waals surface area contributed by atoms with Crippen LogP contribution in [0.3, 0.4) is 0 Å². The molecular weight excluding hydrogens is 296 g/mol. The molecule has 1 aromatic heterocycles. The van der Waals surface area contributed by atoms with Gasteiger partial charge in [-0.3, -0.25) is 0 Å². The zero-order valence-electron chi connectivity index (χ0n) is 15.0. The Morgan fingerprint density at radius 1 is 0.739 bits per heavy atom. The molecule has 0 fully saturated rings. The smallest absolute Gasteiger partial charge is 0.0351 e. The van der Waals surface area contributed by atoms with E-state index in [1.54, 1.807) is 0 Å². The third kappa shape index (κ3) is 3.07. The van der Waals surface area contributed by atoms with E-state index < -0.39 is 0 Å². The highest BCUT2D eigenvalue weighted by Gasteiger charge is 2.14. The maximum atomic E-state index is 2.40. The number of thiophene rings is 1. The molecule has 0 spiro atoms. The molecule has 0 amide bonds. The lowest BCUT2D eigenvalue weighted by Crippen LogP contribution is -2.00. The molecule has 2 aromatic carbocycles. The zero-order chi connectivity index (χ0) is 16.7. The molecule has 0 aliphatic heterocycles. The van der Waals surface area contributed by atoms with Crippen LogP contribution in [0, 0.1) is 13.8 Å². The minimum Gasteiger partial charge on any atom is -0.141 e. The molecule has 120 valence electrons. The van der Waals surface area contributed by atoms with E-state index in [0.29, 0.717) is 11.8 Å². The molecule has 0 bridgehead atoms. The van der Waals surface area contributed by atoms with Gasteiger partial charge in [-0.25, -0.2) is 0 Å². The highest BCUT2D eigenvalue weighted by Crippen LogP contribution is 2.35. The SMILES string of the molecule is Cc1cc2ccc(-c3cc(C(C)C)c(C)c(C(C)C)c3)cc2s1. The molecular formula is C22H26S. The Hall–Kier alpha value is -1.60. The second-order valence-electron chi connectivity index (χ2n) is 7.20. The predicted octanol–water partition coefficient (Wildman–Crippen LogP) is 7.43. The lowest BCUT2D eigenvalue weighted by molar-refractivity contribution is 0.818. The number of hydrogen-bond donors (Lipinski definition) is 0. The lowest BCUT2D eigenvalue weighted by Gasteiger charge is -2.19. The Morgan fingerprint density at radius 3 is 1.91 bits per heavy atom. The van der Waals surface area contributed by atoms with Gasteiger partial charge in [0.1, 0.15) is 0 Å². The van der Waals surface area contributed by atoms with Crippen LogP contribution in [0.25, 0.3) is 21.2 Å². The molecule has 3 rings (SSSR count). The summed E-state index contributed by atoms with van der Waals surface area (Å²) in [5.74, 6) is 1.11. The zero-order valence-corrected chi connectivity index (χ0v) is 15.8. The van der Waals surface area contributed by atoms with Crippen molar-refractivity contribution >= 4 is 21.4 Å². The topological polar surface area (TPSA) is 0 Å². The second-order valence-corrected chi connectivity index (χ2v) is 8.49. The van der Waals surface area contributed by atoms with Gasteiger partial charge in [0.15, 0.2) is 0 Å². The molecule has 0 saturated heterocycles. The Morgan fingerprint density at radius 2 is 1.35 bits per heavy atom. The van der Waals surface area contributed by atoms with E-state index in [2.05, 4.69) is 77.9 Å². The maximum absolute atomic E-state index is 2.40. The average molecular weight is 323 g/mol. The summed E-state index contributed by atoms with van der Waals surface area (Å²) in [6.07, 6.45) is 0. The van der Waals surface area contributed by atoms with Crippen molar-refractivity contribution in [2.45, 2.75) is 53.4 Å². The summed E-state index contributed by atoms with van der Waals surface area (Å²) in [6.45, 7) is 13.6. The lowest BCUT2D eigenvalue weighted by atomic mass is 9.86. The predicted molar refractivity (Wildman–Crippen MR) is 105 cm³/mol. The fourth-order valence-corrected chi connectivity index (χ4v) is 4.43. The summed E-state index contributed by atoms with van der Waals surface area (Å²) in [6, 6.07) is 14.0. The molecule has 0 saturated carbocycles. The molecule has 23 heavy (non-hydrogen) atoms. The third-order valence-electron chi connectivity index (χ3n) is 4.71. The van der Waals surface area contributed by atoms with Crippen molar-refractivity contribution in [3.8, 4) is 11.1 Å². The van der Waals surface area contributed by atoms with E-state index in [4.69, 9.17) is 0 Å². The number of aryl methyl sites for hydroxylation is 1. The van der Waals surface area contributed by atoms with E-state index in [0.717, 1.165) is 0 Å². The van der Waals surface area contributed by atoms with Crippen LogP contribution in [0.5, 0.6) is 0 Å². The normalized spacial score (nSPS) is 11.8. The molecule has 0 aliphatic carbocycles. The summed E-state index contributed by atoms with van der Waals surface area (Å²) >= 11 is 1.89. The molecule has 0 nitrogen and oxygen atoms in total. The van der Waals surface area contributed by atoms with Gasteiger partial charge in [-0.15, -0.1) is 11.3 Å². The van der Waals surface area contributed by atoms with Crippen molar-refractivity contribution in [3.05, 3.63) is 58.0 Å². The van der Waals surface area contributed by atoms with Crippen LogP contribution in [0.15, 0.2) is 36.4 Å².